The largest absolute Gasteiger partial charge is 0.415 e. The Bertz CT molecular complexity index is 845. The van der Waals surface area contributed by atoms with Crippen LogP contribution in [0, 0.1) is 0 Å². The standard InChI is InChI=1S/C16H15ClF2N4O2/c1-16(2)4-8(13(20)24)11-9(16)6-22-23-12(11)7-3-10(17)14(21-5-7)25-15(18)19/h3,5-6,8,15H,4H2,1-2H3,(H2,20,24). The smallest absolute Gasteiger partial charge is 0.388 e. The van der Waals surface area contributed by atoms with Crippen LogP contribution < -0.4 is 10.5 Å². The van der Waals surface area contributed by atoms with Gasteiger partial charge in [0.25, 0.3) is 0 Å². The molecule has 0 saturated carbocycles. The predicted octanol–water partition coefficient (Wildman–Crippen LogP) is 3.04. The fourth-order valence-electron chi connectivity index (χ4n) is 3.19. The van der Waals surface area contributed by atoms with E-state index in [-0.39, 0.29) is 16.3 Å². The molecule has 0 saturated heterocycles. The van der Waals surface area contributed by atoms with Crippen molar-refractivity contribution in [2.45, 2.75) is 38.2 Å². The Morgan fingerprint density at radius 3 is 2.76 bits per heavy atom. The molecule has 0 spiro atoms. The van der Waals surface area contributed by atoms with Gasteiger partial charge in [-0.15, -0.1) is 0 Å². The van der Waals surface area contributed by atoms with Crippen LogP contribution in [0.2, 0.25) is 5.02 Å². The van der Waals surface area contributed by atoms with Crippen LogP contribution >= 0.6 is 11.6 Å². The number of rotatable bonds is 4. The molecule has 1 atom stereocenters. The molecule has 2 aromatic heterocycles. The van der Waals surface area contributed by atoms with Crippen LogP contribution in [0.15, 0.2) is 18.5 Å². The van der Waals surface area contributed by atoms with E-state index in [1.807, 2.05) is 13.8 Å². The minimum Gasteiger partial charge on any atom is -0.415 e. The number of carbonyl (C=O) groups excluding carboxylic acids is 1. The summed E-state index contributed by atoms with van der Waals surface area (Å²) in [5.74, 6) is -1.36. The predicted molar refractivity (Wildman–Crippen MR) is 86.5 cm³/mol. The number of alkyl halides is 2. The first-order valence-electron chi connectivity index (χ1n) is 7.47. The summed E-state index contributed by atoms with van der Waals surface area (Å²) in [4.78, 5) is 15.7. The summed E-state index contributed by atoms with van der Waals surface area (Å²) < 4.78 is 28.9. The van der Waals surface area contributed by atoms with Gasteiger partial charge < -0.3 is 10.5 Å². The topological polar surface area (TPSA) is 91.0 Å². The lowest BCUT2D eigenvalue weighted by atomic mass is 9.87. The Hall–Kier alpha value is -2.35. The van der Waals surface area contributed by atoms with E-state index < -0.39 is 18.4 Å². The van der Waals surface area contributed by atoms with Gasteiger partial charge in [-0.1, -0.05) is 25.4 Å². The van der Waals surface area contributed by atoms with Crippen molar-refractivity contribution in [1.29, 1.82) is 0 Å². The van der Waals surface area contributed by atoms with Crippen molar-refractivity contribution in [2.24, 2.45) is 5.73 Å². The van der Waals surface area contributed by atoms with Crippen molar-refractivity contribution in [3.63, 3.8) is 0 Å². The lowest BCUT2D eigenvalue weighted by Crippen LogP contribution is -2.21. The number of amides is 1. The van der Waals surface area contributed by atoms with Crippen LogP contribution in [-0.2, 0) is 10.2 Å². The highest BCUT2D eigenvalue weighted by molar-refractivity contribution is 6.32. The van der Waals surface area contributed by atoms with Gasteiger partial charge in [0, 0.05) is 11.8 Å². The van der Waals surface area contributed by atoms with E-state index in [9.17, 15) is 13.6 Å². The molecule has 0 aromatic carbocycles. The molecule has 2 aromatic rings. The van der Waals surface area contributed by atoms with Crippen LogP contribution in [0.25, 0.3) is 11.3 Å². The first-order chi connectivity index (χ1) is 11.7. The molecule has 0 bridgehead atoms. The second-order valence-corrected chi connectivity index (χ2v) is 6.86. The maximum atomic E-state index is 12.3. The summed E-state index contributed by atoms with van der Waals surface area (Å²) >= 11 is 5.97. The molecule has 3 rings (SSSR count). The highest BCUT2D eigenvalue weighted by Crippen LogP contribution is 2.48. The molecule has 1 aliphatic carbocycles. The van der Waals surface area contributed by atoms with Crippen molar-refractivity contribution < 1.29 is 18.3 Å². The maximum Gasteiger partial charge on any atom is 0.388 e. The second-order valence-electron chi connectivity index (χ2n) is 6.45. The number of pyridine rings is 1. The van der Waals surface area contributed by atoms with Crippen molar-refractivity contribution in [3.8, 4) is 17.1 Å². The number of halogens is 3. The van der Waals surface area contributed by atoms with Crippen LogP contribution in [-0.4, -0.2) is 27.7 Å². The van der Waals surface area contributed by atoms with Gasteiger partial charge in [0.1, 0.15) is 5.02 Å². The number of fused-ring (bicyclic) bond motifs is 1. The van der Waals surface area contributed by atoms with Gasteiger partial charge in [-0.2, -0.15) is 19.0 Å². The summed E-state index contributed by atoms with van der Waals surface area (Å²) in [6, 6.07) is 1.40. The highest BCUT2D eigenvalue weighted by atomic mass is 35.5. The van der Waals surface area contributed by atoms with Crippen LogP contribution in [0.3, 0.4) is 0 Å². The summed E-state index contributed by atoms with van der Waals surface area (Å²) in [7, 11) is 0. The number of carbonyl (C=O) groups is 1. The SMILES string of the molecule is CC1(C)CC(C(N)=O)c2c1cnnc2-c1cnc(OC(F)F)c(Cl)c1. The molecule has 0 fully saturated rings. The lowest BCUT2D eigenvalue weighted by molar-refractivity contribution is -0.119. The van der Waals surface area contributed by atoms with Gasteiger partial charge in [0.15, 0.2) is 0 Å². The first-order valence-corrected chi connectivity index (χ1v) is 7.84. The van der Waals surface area contributed by atoms with Crippen LogP contribution in [0.4, 0.5) is 8.78 Å². The molecule has 0 radical (unpaired) electrons. The van der Waals surface area contributed by atoms with E-state index in [1.165, 1.54) is 12.3 Å². The molecule has 25 heavy (non-hydrogen) atoms. The van der Waals surface area contributed by atoms with Crippen molar-refractivity contribution >= 4 is 17.5 Å². The molecule has 0 aliphatic heterocycles. The fourth-order valence-corrected chi connectivity index (χ4v) is 3.40. The Labute approximate surface area is 147 Å². The van der Waals surface area contributed by atoms with E-state index >= 15 is 0 Å². The molecule has 132 valence electrons. The molecule has 2 N–H and O–H groups in total. The van der Waals surface area contributed by atoms with Crippen molar-refractivity contribution in [3.05, 3.63) is 34.6 Å². The van der Waals surface area contributed by atoms with Gasteiger partial charge in [-0.3, -0.25) is 4.79 Å². The highest BCUT2D eigenvalue weighted by Gasteiger charge is 2.42. The Kier molecular flexibility index (Phi) is 4.32. The van der Waals surface area contributed by atoms with Gasteiger partial charge in [0.2, 0.25) is 11.8 Å². The number of hydrogen-bond acceptors (Lipinski definition) is 5. The minimum absolute atomic E-state index is 0.0925. The van der Waals surface area contributed by atoms with E-state index in [0.717, 1.165) is 5.56 Å². The van der Waals surface area contributed by atoms with Crippen LogP contribution in [0.5, 0.6) is 5.88 Å². The average molecular weight is 369 g/mol. The van der Waals surface area contributed by atoms with Crippen molar-refractivity contribution in [2.75, 3.05) is 0 Å². The number of aromatic nitrogens is 3. The zero-order valence-electron chi connectivity index (χ0n) is 13.5. The average Bonchev–Trinajstić information content (AvgIpc) is 2.81. The van der Waals surface area contributed by atoms with E-state index in [1.54, 1.807) is 6.20 Å². The number of hydrogen-bond donors (Lipinski definition) is 1. The van der Waals surface area contributed by atoms with E-state index in [0.29, 0.717) is 23.2 Å². The summed E-state index contributed by atoms with van der Waals surface area (Å²) in [5, 5.41) is 8.01. The maximum absolute atomic E-state index is 12.3. The van der Waals surface area contributed by atoms with E-state index in [4.69, 9.17) is 17.3 Å². The number of nitrogens with zero attached hydrogens (tertiary/aromatic N) is 3. The molecule has 1 unspecified atom stereocenters. The van der Waals surface area contributed by atoms with Gasteiger partial charge in [0.05, 0.1) is 17.8 Å². The third kappa shape index (κ3) is 3.13. The molecule has 1 amide bonds. The zero-order chi connectivity index (χ0) is 18.4. The van der Waals surface area contributed by atoms with Gasteiger partial charge in [-0.05, 0) is 29.0 Å². The van der Waals surface area contributed by atoms with Gasteiger partial charge >= 0.3 is 6.61 Å². The van der Waals surface area contributed by atoms with E-state index in [2.05, 4.69) is 19.9 Å². The Balaban J connectivity index is 2.12. The molecule has 2 heterocycles. The quantitative estimate of drug-likeness (QED) is 0.895. The third-order valence-electron chi connectivity index (χ3n) is 4.31. The molecule has 6 nitrogen and oxygen atoms in total. The normalized spacial score (nSPS) is 18.2. The molecular weight excluding hydrogens is 354 g/mol. The number of ether oxygens (including phenoxy) is 1. The number of primary amides is 1. The Morgan fingerprint density at radius 2 is 2.16 bits per heavy atom. The molecular formula is C16H15ClF2N4O2. The fraction of sp³-hybridized carbons (Fsp3) is 0.375. The molecule has 9 heteroatoms. The summed E-state index contributed by atoms with van der Waals surface area (Å²) in [6.45, 7) is 0.951. The monoisotopic (exact) mass is 368 g/mol. The lowest BCUT2D eigenvalue weighted by Gasteiger charge is -2.18. The van der Waals surface area contributed by atoms with Crippen LogP contribution in [0.1, 0.15) is 37.3 Å². The molecule has 1 aliphatic rings. The van der Waals surface area contributed by atoms with Gasteiger partial charge in [-0.25, -0.2) is 4.98 Å². The zero-order valence-corrected chi connectivity index (χ0v) is 14.2. The summed E-state index contributed by atoms with van der Waals surface area (Å²) in [5.41, 5.74) is 7.65. The minimum atomic E-state index is -3.03. The number of nitrogens with two attached hydrogens (primary N) is 1. The summed E-state index contributed by atoms with van der Waals surface area (Å²) in [6.07, 6.45) is 3.45. The van der Waals surface area contributed by atoms with Crippen molar-refractivity contribution in [1.82, 2.24) is 15.2 Å². The Morgan fingerprint density at radius 1 is 1.44 bits per heavy atom. The third-order valence-corrected chi connectivity index (χ3v) is 4.58. The first kappa shape index (κ1) is 17.5. The second kappa shape index (κ2) is 6.18.